The molecule has 0 aliphatic carbocycles. The molecule has 2 aromatic rings. The van der Waals surface area contributed by atoms with Crippen LogP contribution in [0.2, 0.25) is 0 Å². The molecule has 2 N–H and O–H groups in total. The van der Waals surface area contributed by atoms with Gasteiger partial charge in [0.2, 0.25) is 5.91 Å². The number of rotatable bonds is 10. The van der Waals surface area contributed by atoms with Crippen LogP contribution in [0.3, 0.4) is 0 Å². The molecule has 0 saturated carbocycles. The van der Waals surface area contributed by atoms with Gasteiger partial charge in [-0.15, -0.1) is 0 Å². The van der Waals surface area contributed by atoms with Gasteiger partial charge < -0.3 is 24.8 Å². The number of hydrogen-bond donors (Lipinski definition) is 1. The fourth-order valence-corrected chi connectivity index (χ4v) is 2.32. The van der Waals surface area contributed by atoms with Gasteiger partial charge in [0.25, 0.3) is 0 Å². The number of nitrogens with zero attached hydrogens (tertiary/aromatic N) is 1. The highest BCUT2D eigenvalue weighted by atomic mass is 16.5. The van der Waals surface area contributed by atoms with E-state index >= 15 is 0 Å². The van der Waals surface area contributed by atoms with Gasteiger partial charge in [0.1, 0.15) is 30.8 Å². The molecule has 26 heavy (non-hydrogen) atoms. The van der Waals surface area contributed by atoms with Crippen LogP contribution in [-0.4, -0.2) is 50.8 Å². The maximum Gasteiger partial charge on any atom is 0.241 e. The summed E-state index contributed by atoms with van der Waals surface area (Å²) < 4.78 is 16.3. The van der Waals surface area contributed by atoms with Crippen molar-refractivity contribution in [3.05, 3.63) is 60.2 Å². The Morgan fingerprint density at radius 1 is 1.04 bits per heavy atom. The Bertz CT molecular complexity index is 661. The molecule has 1 amide bonds. The largest absolute Gasteiger partial charge is 0.492 e. The maximum atomic E-state index is 12.0. The Balaban J connectivity index is 1.72. The van der Waals surface area contributed by atoms with E-state index in [0.717, 1.165) is 17.1 Å². The second kappa shape index (κ2) is 10.4. The molecule has 2 aromatic carbocycles. The van der Waals surface area contributed by atoms with Crippen LogP contribution in [0.1, 0.15) is 5.56 Å². The summed E-state index contributed by atoms with van der Waals surface area (Å²) in [4.78, 5) is 13.5. The van der Waals surface area contributed by atoms with Gasteiger partial charge in [-0.3, -0.25) is 4.79 Å². The van der Waals surface area contributed by atoms with Crippen molar-refractivity contribution in [2.24, 2.45) is 5.73 Å². The van der Waals surface area contributed by atoms with Crippen LogP contribution in [0.4, 0.5) is 0 Å². The summed E-state index contributed by atoms with van der Waals surface area (Å²) in [5.74, 6) is 1.33. The standard InChI is InChI=1S/C20H26N2O4/c1-22(20(23)19(21)15-24-2)12-13-25-17-8-10-18(11-9-17)26-14-16-6-4-3-5-7-16/h3-11,19H,12-15,21H2,1-2H3. The van der Waals surface area contributed by atoms with Crippen LogP contribution in [0.15, 0.2) is 54.6 Å². The Morgan fingerprint density at radius 2 is 1.65 bits per heavy atom. The van der Waals surface area contributed by atoms with Gasteiger partial charge in [0.15, 0.2) is 0 Å². The van der Waals surface area contributed by atoms with Crippen molar-refractivity contribution in [2.45, 2.75) is 12.6 Å². The minimum absolute atomic E-state index is 0.167. The number of benzene rings is 2. The Kier molecular flexibility index (Phi) is 7.92. The van der Waals surface area contributed by atoms with E-state index in [1.165, 1.54) is 7.11 Å². The van der Waals surface area contributed by atoms with E-state index < -0.39 is 6.04 Å². The molecule has 0 bridgehead atoms. The molecule has 0 aliphatic heterocycles. The number of likely N-dealkylation sites (N-methyl/N-ethyl adjacent to an activating group) is 1. The smallest absolute Gasteiger partial charge is 0.241 e. The Morgan fingerprint density at radius 3 is 2.27 bits per heavy atom. The van der Waals surface area contributed by atoms with Crippen molar-refractivity contribution >= 4 is 5.91 Å². The summed E-state index contributed by atoms with van der Waals surface area (Å²) in [6.07, 6.45) is 0. The Labute approximate surface area is 154 Å². The topological polar surface area (TPSA) is 74.0 Å². The lowest BCUT2D eigenvalue weighted by molar-refractivity contribution is -0.132. The molecule has 6 heteroatoms. The molecular weight excluding hydrogens is 332 g/mol. The van der Waals surface area contributed by atoms with E-state index in [0.29, 0.717) is 19.8 Å². The minimum atomic E-state index is -0.647. The van der Waals surface area contributed by atoms with Crippen LogP contribution in [0.25, 0.3) is 0 Å². The normalized spacial score (nSPS) is 11.7. The molecule has 1 unspecified atom stereocenters. The van der Waals surface area contributed by atoms with Gasteiger partial charge in [0.05, 0.1) is 13.2 Å². The zero-order valence-electron chi connectivity index (χ0n) is 15.3. The van der Waals surface area contributed by atoms with Gasteiger partial charge in [0, 0.05) is 14.2 Å². The number of carbonyl (C=O) groups is 1. The van der Waals surface area contributed by atoms with Gasteiger partial charge in [-0.05, 0) is 29.8 Å². The lowest BCUT2D eigenvalue weighted by Crippen LogP contribution is -2.45. The van der Waals surface area contributed by atoms with E-state index in [2.05, 4.69) is 0 Å². The molecule has 1 atom stereocenters. The van der Waals surface area contributed by atoms with E-state index in [1.807, 2.05) is 54.6 Å². The van der Waals surface area contributed by atoms with Crippen molar-refractivity contribution in [3.8, 4) is 11.5 Å². The molecule has 0 fully saturated rings. The zero-order chi connectivity index (χ0) is 18.8. The number of carbonyl (C=O) groups excluding carboxylic acids is 1. The third-order valence-electron chi connectivity index (χ3n) is 3.81. The minimum Gasteiger partial charge on any atom is -0.492 e. The fourth-order valence-electron chi connectivity index (χ4n) is 2.32. The lowest BCUT2D eigenvalue weighted by atomic mass is 10.2. The molecular formula is C20H26N2O4. The summed E-state index contributed by atoms with van der Waals surface area (Å²) in [6, 6.07) is 16.8. The molecule has 0 radical (unpaired) electrons. The number of hydrogen-bond acceptors (Lipinski definition) is 5. The van der Waals surface area contributed by atoms with Gasteiger partial charge in [-0.2, -0.15) is 0 Å². The number of ether oxygens (including phenoxy) is 3. The first kappa shape index (κ1) is 19.8. The summed E-state index contributed by atoms with van der Waals surface area (Å²) in [6.45, 7) is 1.55. The van der Waals surface area contributed by atoms with Crippen LogP contribution in [-0.2, 0) is 16.1 Å². The van der Waals surface area contributed by atoms with Gasteiger partial charge >= 0.3 is 0 Å². The fraction of sp³-hybridized carbons (Fsp3) is 0.350. The molecule has 0 saturated heterocycles. The van der Waals surface area contributed by atoms with E-state index in [-0.39, 0.29) is 12.5 Å². The van der Waals surface area contributed by atoms with Crippen molar-refractivity contribution in [1.29, 1.82) is 0 Å². The third kappa shape index (κ3) is 6.38. The van der Waals surface area contributed by atoms with E-state index in [9.17, 15) is 4.79 Å². The molecule has 0 spiro atoms. The van der Waals surface area contributed by atoms with Crippen LogP contribution >= 0.6 is 0 Å². The number of amides is 1. The predicted molar refractivity (Wildman–Crippen MR) is 100 cm³/mol. The summed E-state index contributed by atoms with van der Waals surface area (Å²) >= 11 is 0. The SMILES string of the molecule is COCC(N)C(=O)N(C)CCOc1ccc(OCc2ccccc2)cc1. The van der Waals surface area contributed by atoms with Crippen molar-refractivity contribution in [1.82, 2.24) is 4.90 Å². The number of nitrogens with two attached hydrogens (primary N) is 1. The molecule has 0 aliphatic rings. The van der Waals surface area contributed by atoms with E-state index in [1.54, 1.807) is 11.9 Å². The summed E-state index contributed by atoms with van der Waals surface area (Å²) in [5, 5.41) is 0. The highest BCUT2D eigenvalue weighted by molar-refractivity contribution is 5.81. The first-order valence-corrected chi connectivity index (χ1v) is 8.49. The highest BCUT2D eigenvalue weighted by Gasteiger charge is 2.17. The number of methoxy groups -OCH3 is 1. The van der Waals surface area contributed by atoms with E-state index in [4.69, 9.17) is 19.9 Å². The lowest BCUT2D eigenvalue weighted by Gasteiger charge is -2.21. The first-order chi connectivity index (χ1) is 12.6. The molecule has 0 heterocycles. The maximum absolute atomic E-state index is 12.0. The zero-order valence-corrected chi connectivity index (χ0v) is 15.3. The second-order valence-corrected chi connectivity index (χ2v) is 5.92. The third-order valence-corrected chi connectivity index (χ3v) is 3.81. The van der Waals surface area contributed by atoms with Crippen molar-refractivity contribution < 1.29 is 19.0 Å². The van der Waals surface area contributed by atoms with Gasteiger partial charge in [-0.25, -0.2) is 0 Å². The predicted octanol–water partition coefficient (Wildman–Crippen LogP) is 2.08. The highest BCUT2D eigenvalue weighted by Crippen LogP contribution is 2.18. The van der Waals surface area contributed by atoms with Crippen LogP contribution < -0.4 is 15.2 Å². The summed E-state index contributed by atoms with van der Waals surface area (Å²) in [7, 11) is 3.21. The molecule has 2 rings (SSSR count). The van der Waals surface area contributed by atoms with Gasteiger partial charge in [-0.1, -0.05) is 30.3 Å². The quantitative estimate of drug-likeness (QED) is 0.704. The van der Waals surface area contributed by atoms with Crippen LogP contribution in [0.5, 0.6) is 11.5 Å². The Hall–Kier alpha value is -2.57. The second-order valence-electron chi connectivity index (χ2n) is 5.92. The summed E-state index contributed by atoms with van der Waals surface area (Å²) in [5.41, 5.74) is 6.85. The average Bonchev–Trinajstić information content (AvgIpc) is 2.67. The van der Waals surface area contributed by atoms with Crippen LogP contribution in [0, 0.1) is 0 Å². The monoisotopic (exact) mass is 358 g/mol. The molecule has 140 valence electrons. The van der Waals surface area contributed by atoms with Crippen molar-refractivity contribution in [3.63, 3.8) is 0 Å². The first-order valence-electron chi connectivity index (χ1n) is 8.49. The molecule has 6 nitrogen and oxygen atoms in total. The van der Waals surface area contributed by atoms with Crippen molar-refractivity contribution in [2.75, 3.05) is 33.9 Å². The molecule has 0 aromatic heterocycles. The average molecular weight is 358 g/mol.